The highest BCUT2D eigenvalue weighted by atomic mass is 19.1. The molecule has 4 aromatic rings. The molecule has 2 unspecified atom stereocenters. The van der Waals surface area contributed by atoms with Crippen molar-refractivity contribution in [2.24, 2.45) is 0 Å². The molecule has 7 rings (SSSR count). The van der Waals surface area contributed by atoms with Crippen molar-refractivity contribution in [2.75, 3.05) is 39.5 Å². The van der Waals surface area contributed by atoms with Crippen molar-refractivity contribution in [1.82, 2.24) is 41.0 Å². The van der Waals surface area contributed by atoms with E-state index in [0.29, 0.717) is 61.0 Å². The van der Waals surface area contributed by atoms with E-state index in [0.717, 1.165) is 27.0 Å². The average Bonchev–Trinajstić information content (AvgIpc) is 3.90. The second-order valence-electron chi connectivity index (χ2n) is 17.1. The van der Waals surface area contributed by atoms with Crippen molar-refractivity contribution in [1.29, 1.82) is 0 Å². The van der Waals surface area contributed by atoms with E-state index in [1.165, 1.54) is 22.8 Å². The van der Waals surface area contributed by atoms with E-state index in [2.05, 4.69) is 26.6 Å². The minimum absolute atomic E-state index is 0.0817. The molecule has 0 saturated heterocycles. The van der Waals surface area contributed by atoms with Crippen LogP contribution in [0.25, 0.3) is 22.3 Å². The molecule has 2 atom stereocenters. The summed E-state index contributed by atoms with van der Waals surface area (Å²) in [5.74, 6) is -4.91. The van der Waals surface area contributed by atoms with Crippen molar-refractivity contribution in [2.45, 2.75) is 97.4 Å². The average molecular weight is 995 g/mol. The molecule has 3 aliphatic heterocycles. The summed E-state index contributed by atoms with van der Waals surface area (Å²) in [6.45, 7) is 4.65. The van der Waals surface area contributed by atoms with Crippen LogP contribution < -0.4 is 32.1 Å². The van der Waals surface area contributed by atoms with Crippen LogP contribution in [0.2, 0.25) is 0 Å². The Morgan fingerprint density at radius 1 is 0.833 bits per heavy atom. The van der Waals surface area contributed by atoms with Gasteiger partial charge in [0.2, 0.25) is 29.5 Å². The number of fused-ring (bicyclic) bond motifs is 5. The highest BCUT2D eigenvalue weighted by molar-refractivity contribution is 6.12. The summed E-state index contributed by atoms with van der Waals surface area (Å²) in [5, 5.41) is 23.8. The van der Waals surface area contributed by atoms with Crippen LogP contribution in [0.5, 0.6) is 0 Å². The number of nitrogens with zero attached hydrogens (tertiary/aromatic N) is 3. The first-order valence-corrected chi connectivity index (χ1v) is 23.9. The molecule has 382 valence electrons. The number of cyclic esters (lactones) is 1. The number of hydrogen-bond acceptors (Lipinski definition) is 13. The molecule has 3 aliphatic rings. The van der Waals surface area contributed by atoms with Crippen LogP contribution in [0.3, 0.4) is 0 Å². The summed E-state index contributed by atoms with van der Waals surface area (Å²) in [6, 6.07) is 12.4. The molecule has 7 amide bonds. The van der Waals surface area contributed by atoms with Gasteiger partial charge in [-0.25, -0.2) is 14.2 Å². The predicted molar refractivity (Wildman–Crippen MR) is 259 cm³/mol. The van der Waals surface area contributed by atoms with Crippen LogP contribution in [-0.2, 0) is 73.8 Å². The van der Waals surface area contributed by atoms with Gasteiger partial charge in [0, 0.05) is 60.7 Å². The van der Waals surface area contributed by atoms with Crippen molar-refractivity contribution < 1.29 is 57.3 Å². The van der Waals surface area contributed by atoms with Gasteiger partial charge >= 0.3 is 5.97 Å². The molecule has 2 aromatic carbocycles. The van der Waals surface area contributed by atoms with Crippen LogP contribution in [0.15, 0.2) is 65.5 Å². The number of imide groups is 1. The van der Waals surface area contributed by atoms with Gasteiger partial charge in [0.15, 0.2) is 6.10 Å². The Balaban J connectivity index is 0.00000418. The van der Waals surface area contributed by atoms with E-state index in [1.807, 2.05) is 13.8 Å². The number of benzene rings is 2. The van der Waals surface area contributed by atoms with Crippen molar-refractivity contribution in [3.8, 4) is 11.4 Å². The van der Waals surface area contributed by atoms with Gasteiger partial charge in [0.1, 0.15) is 25.2 Å². The summed E-state index contributed by atoms with van der Waals surface area (Å²) >= 11 is 0. The van der Waals surface area contributed by atoms with E-state index in [9.17, 15) is 52.6 Å². The number of aliphatic hydroxyl groups is 1. The second-order valence-corrected chi connectivity index (χ2v) is 17.1. The van der Waals surface area contributed by atoms with Gasteiger partial charge < -0.3 is 45.7 Å². The maximum absolute atomic E-state index is 14.8. The Morgan fingerprint density at radius 2 is 1.53 bits per heavy atom. The highest BCUT2D eigenvalue weighted by Crippen LogP contribution is 2.39. The topological polar surface area (TPSA) is 274 Å². The number of aliphatic hydroxyl groups excluding tert-OH is 1. The first-order valence-electron chi connectivity index (χ1n) is 23.9. The molecule has 5 heterocycles. The van der Waals surface area contributed by atoms with E-state index in [1.54, 1.807) is 49.4 Å². The second kappa shape index (κ2) is 25.5. The highest BCUT2D eigenvalue weighted by Gasteiger charge is 2.35. The summed E-state index contributed by atoms with van der Waals surface area (Å²) in [4.78, 5) is 118. The first kappa shape index (κ1) is 53.7. The Bertz CT molecular complexity index is 2800. The molecule has 20 nitrogen and oxygen atoms in total. The number of pyridine rings is 2. The molecule has 0 fully saturated rings. The fourth-order valence-corrected chi connectivity index (χ4v) is 8.38. The number of ether oxygens (including phenoxy) is 2. The fourth-order valence-electron chi connectivity index (χ4n) is 8.38. The third-order valence-corrected chi connectivity index (χ3v) is 12.1. The van der Waals surface area contributed by atoms with Crippen molar-refractivity contribution >= 4 is 58.2 Å². The third kappa shape index (κ3) is 13.6. The lowest BCUT2D eigenvalue weighted by Crippen LogP contribution is -2.52. The fraction of sp³-hybridized carbons (Fsp3) is 0.412. The number of amides is 7. The quantitative estimate of drug-likeness (QED) is 0.0237. The Labute approximate surface area is 414 Å². The van der Waals surface area contributed by atoms with Crippen molar-refractivity contribution in [3.05, 3.63) is 110 Å². The van der Waals surface area contributed by atoms with Gasteiger partial charge in [-0.3, -0.25) is 43.3 Å². The standard InChI is InChI=1S/C49H53FN8O12.C2H6/c1-28-18-31-30(33-25-58-38(45(33)56-36(31)21-35(28)50)20-32-34(48(58)67)26-70-49(68)46(32)65)12-7-9-17-69-27-54-41(61)23-53-47(66)37(19-29-10-4-2-5-11-29)55-42(62)24-52-40(60)22-51-39(59)13-6-3-8-16-57-43(63)14-15-44(57)64;1-2/h2,4-5,10-11,14-15,18,20-21,37,46,65H,3,6-9,12-13,16-17,19,22-27H2,1H3,(H,51,59)(H,52,60)(H,53,66)(H,54,61)(H,55,62);1-2H3. The number of hydrogen-bond donors (Lipinski definition) is 6. The number of carbonyl (C=O) groups is 8. The number of aryl methyl sites for hydroxylation is 2. The number of halogens is 1. The number of carbonyl (C=O) groups excluding carboxylic acids is 8. The zero-order chi connectivity index (χ0) is 51.9. The number of esters is 1. The molecule has 0 saturated carbocycles. The minimum atomic E-state index is -1.61. The monoisotopic (exact) mass is 994 g/mol. The zero-order valence-electron chi connectivity index (χ0n) is 40.4. The molecular weight excluding hydrogens is 936 g/mol. The largest absolute Gasteiger partial charge is 0.458 e. The summed E-state index contributed by atoms with van der Waals surface area (Å²) in [6.07, 6.45) is 4.29. The zero-order valence-corrected chi connectivity index (χ0v) is 40.4. The van der Waals surface area contributed by atoms with Gasteiger partial charge in [-0.05, 0) is 67.9 Å². The summed E-state index contributed by atoms with van der Waals surface area (Å²) in [5.41, 5.74) is 4.04. The molecule has 0 aliphatic carbocycles. The van der Waals surface area contributed by atoms with Crippen molar-refractivity contribution in [3.63, 3.8) is 0 Å². The third-order valence-electron chi connectivity index (χ3n) is 12.1. The predicted octanol–water partition coefficient (Wildman–Crippen LogP) is 1.96. The Hall–Kier alpha value is -7.65. The van der Waals surface area contributed by atoms with E-state index in [-0.39, 0.29) is 81.3 Å². The van der Waals surface area contributed by atoms with Crippen LogP contribution in [0, 0.1) is 12.7 Å². The Kier molecular flexibility index (Phi) is 19.0. The lowest BCUT2D eigenvalue weighted by atomic mass is 9.94. The number of aromatic nitrogens is 2. The van der Waals surface area contributed by atoms with Gasteiger partial charge in [-0.2, -0.15) is 0 Å². The van der Waals surface area contributed by atoms with Gasteiger partial charge in [0.25, 0.3) is 17.4 Å². The SMILES string of the molecule is CC.Cc1cc2c(CCCCOCNC(=O)CNC(=O)C(Cc3ccccc3)NC(=O)CNC(=O)CNC(=O)CCCCCN3C(=O)C=CC3=O)c3c(nc2cc1F)-c1cc2c(c(=O)n1C3)COC(=O)C2O. The van der Waals surface area contributed by atoms with Gasteiger partial charge in [-0.1, -0.05) is 50.6 Å². The normalized spacial score (nSPS) is 14.6. The van der Waals surface area contributed by atoms with E-state index < -0.39 is 66.2 Å². The lowest BCUT2D eigenvalue weighted by molar-refractivity contribution is -0.157. The number of nitrogens with one attached hydrogen (secondary N) is 5. The number of unbranched alkanes of at least 4 members (excludes halogenated alkanes) is 3. The molecule has 0 spiro atoms. The molecular formula is C51H59FN8O12. The first-order chi connectivity index (χ1) is 34.7. The van der Waals surface area contributed by atoms with E-state index >= 15 is 0 Å². The van der Waals surface area contributed by atoms with Crippen LogP contribution in [-0.4, -0.2) is 112 Å². The molecule has 72 heavy (non-hydrogen) atoms. The molecule has 2 aromatic heterocycles. The van der Waals surface area contributed by atoms with Gasteiger partial charge in [0.05, 0.1) is 48.6 Å². The molecule has 0 radical (unpaired) electrons. The molecule has 21 heteroatoms. The Morgan fingerprint density at radius 3 is 2.28 bits per heavy atom. The smallest absolute Gasteiger partial charge is 0.340 e. The maximum Gasteiger partial charge on any atom is 0.340 e. The van der Waals surface area contributed by atoms with E-state index in [4.69, 9.17) is 14.5 Å². The van der Waals surface area contributed by atoms with Crippen LogP contribution >= 0.6 is 0 Å². The van der Waals surface area contributed by atoms with Gasteiger partial charge in [-0.15, -0.1) is 0 Å². The van der Waals surface area contributed by atoms with Crippen LogP contribution in [0.4, 0.5) is 4.39 Å². The maximum atomic E-state index is 14.8. The lowest BCUT2D eigenvalue weighted by Gasteiger charge is -2.21. The van der Waals surface area contributed by atoms with Crippen LogP contribution in [0.1, 0.15) is 91.9 Å². The molecule has 0 bridgehead atoms. The number of rotatable bonds is 23. The molecule has 6 N–H and O–H groups in total. The summed E-state index contributed by atoms with van der Waals surface area (Å²) < 4.78 is 27.0. The summed E-state index contributed by atoms with van der Waals surface area (Å²) in [7, 11) is 0. The minimum Gasteiger partial charge on any atom is -0.458 e.